The summed E-state index contributed by atoms with van der Waals surface area (Å²) < 4.78 is 28.5. The summed E-state index contributed by atoms with van der Waals surface area (Å²) in [5.41, 5.74) is 0. The molecule has 1 aliphatic rings. The predicted octanol–water partition coefficient (Wildman–Crippen LogP) is 0.914. The van der Waals surface area contributed by atoms with Crippen LogP contribution in [0.1, 0.15) is 26.7 Å². The predicted molar refractivity (Wildman–Crippen MR) is 80.5 cm³/mol. The third kappa shape index (κ3) is 6.44. The first-order valence-electron chi connectivity index (χ1n) is 6.89. The number of hydrogen-bond acceptors (Lipinski definition) is 4. The van der Waals surface area contributed by atoms with E-state index in [0.717, 1.165) is 24.3 Å². The van der Waals surface area contributed by atoms with Gasteiger partial charge in [-0.1, -0.05) is 13.8 Å². The van der Waals surface area contributed by atoms with Gasteiger partial charge in [-0.15, -0.1) is 0 Å². The average molecular weight is 310 g/mol. The number of thioether (sulfide) groups is 1. The molecule has 0 radical (unpaired) electrons. The maximum atomic E-state index is 12.1. The highest BCUT2D eigenvalue weighted by Gasteiger charge is 2.29. The van der Waals surface area contributed by atoms with E-state index in [2.05, 4.69) is 18.6 Å². The maximum absolute atomic E-state index is 12.1. The molecule has 2 atom stereocenters. The van der Waals surface area contributed by atoms with E-state index in [1.165, 1.54) is 0 Å². The fourth-order valence-electron chi connectivity index (χ4n) is 2.40. The summed E-state index contributed by atoms with van der Waals surface area (Å²) in [5.74, 6) is 2.48. The normalized spacial score (nSPS) is 25.6. The van der Waals surface area contributed by atoms with Crippen LogP contribution in [0.4, 0.5) is 0 Å². The summed E-state index contributed by atoms with van der Waals surface area (Å²) in [7, 11) is -3.32. The topological polar surface area (TPSA) is 69.6 Å². The van der Waals surface area contributed by atoms with E-state index in [0.29, 0.717) is 31.5 Å². The summed E-state index contributed by atoms with van der Waals surface area (Å²) in [6.07, 6.45) is 1.86. The zero-order chi connectivity index (χ0) is 14.3. The van der Waals surface area contributed by atoms with Gasteiger partial charge in [0.25, 0.3) is 10.2 Å². The number of hydrogen-bond donors (Lipinski definition) is 2. The smallest absolute Gasteiger partial charge is 0.279 e. The van der Waals surface area contributed by atoms with Gasteiger partial charge in [0.05, 0.1) is 0 Å². The zero-order valence-corrected chi connectivity index (χ0v) is 13.5. The molecule has 0 bridgehead atoms. The second-order valence-corrected chi connectivity index (χ2v) is 8.33. The fraction of sp³-hybridized carbons (Fsp3) is 1.00. The average Bonchev–Trinajstić information content (AvgIpc) is 2.32. The van der Waals surface area contributed by atoms with Gasteiger partial charge in [0, 0.05) is 32.0 Å². The Morgan fingerprint density at radius 3 is 2.47 bits per heavy atom. The second-order valence-electron chi connectivity index (χ2n) is 5.35. The molecule has 1 fully saturated rings. The monoisotopic (exact) mass is 310 g/mol. The molecular weight excluding hydrogens is 284 g/mol. The number of rotatable bonds is 8. The van der Waals surface area contributed by atoms with Crippen molar-refractivity contribution in [2.75, 3.05) is 37.7 Å². The van der Waals surface area contributed by atoms with Gasteiger partial charge in [-0.25, -0.2) is 4.72 Å². The molecule has 0 spiro atoms. The van der Waals surface area contributed by atoms with Gasteiger partial charge in [0.15, 0.2) is 0 Å². The van der Waals surface area contributed by atoms with Crippen molar-refractivity contribution in [1.29, 1.82) is 0 Å². The van der Waals surface area contributed by atoms with Gasteiger partial charge in [-0.3, -0.25) is 0 Å². The van der Waals surface area contributed by atoms with E-state index in [4.69, 9.17) is 5.11 Å². The van der Waals surface area contributed by atoms with Crippen molar-refractivity contribution in [2.24, 2.45) is 11.8 Å². The summed E-state index contributed by atoms with van der Waals surface area (Å²) in [4.78, 5) is 0. The number of aliphatic hydroxyl groups is 1. The minimum atomic E-state index is -3.32. The van der Waals surface area contributed by atoms with Gasteiger partial charge in [-0.2, -0.15) is 24.5 Å². The highest BCUT2D eigenvalue weighted by molar-refractivity contribution is 7.99. The highest BCUT2D eigenvalue weighted by atomic mass is 32.2. The lowest BCUT2D eigenvalue weighted by molar-refractivity contribution is 0.221. The third-order valence-electron chi connectivity index (χ3n) is 3.15. The molecule has 19 heavy (non-hydrogen) atoms. The van der Waals surface area contributed by atoms with Crippen LogP contribution in [-0.2, 0) is 10.2 Å². The zero-order valence-electron chi connectivity index (χ0n) is 11.8. The van der Waals surface area contributed by atoms with Crippen molar-refractivity contribution in [3.8, 4) is 0 Å². The lowest BCUT2D eigenvalue weighted by Gasteiger charge is -2.33. The van der Waals surface area contributed by atoms with Gasteiger partial charge >= 0.3 is 0 Å². The fourth-order valence-corrected chi connectivity index (χ4v) is 4.76. The number of nitrogens with one attached hydrogen (secondary N) is 1. The first kappa shape index (κ1) is 17.2. The Bertz CT molecular complexity index is 339. The van der Waals surface area contributed by atoms with E-state index >= 15 is 0 Å². The Hall–Kier alpha value is 0.180. The van der Waals surface area contributed by atoms with Crippen LogP contribution >= 0.6 is 11.8 Å². The van der Waals surface area contributed by atoms with Crippen molar-refractivity contribution in [3.63, 3.8) is 0 Å². The minimum absolute atomic E-state index is 0.197. The van der Waals surface area contributed by atoms with E-state index in [-0.39, 0.29) is 6.61 Å². The van der Waals surface area contributed by atoms with E-state index in [9.17, 15) is 8.42 Å². The molecule has 7 heteroatoms. The molecule has 0 aliphatic carbocycles. The van der Waals surface area contributed by atoms with E-state index < -0.39 is 10.2 Å². The van der Waals surface area contributed by atoms with Crippen LogP contribution in [-0.4, -0.2) is 55.6 Å². The Morgan fingerprint density at radius 1 is 1.26 bits per heavy atom. The van der Waals surface area contributed by atoms with Gasteiger partial charge in [0.1, 0.15) is 0 Å². The Balaban J connectivity index is 2.30. The number of nitrogens with zero attached hydrogens (tertiary/aromatic N) is 1. The van der Waals surface area contributed by atoms with Gasteiger partial charge in [-0.05, 0) is 30.4 Å². The van der Waals surface area contributed by atoms with Crippen molar-refractivity contribution >= 4 is 22.0 Å². The molecule has 1 heterocycles. The summed E-state index contributed by atoms with van der Waals surface area (Å²) >= 11 is 1.66. The van der Waals surface area contributed by atoms with Crippen LogP contribution in [0.5, 0.6) is 0 Å². The number of piperidine rings is 1. The standard InChI is InChI=1S/C12H26N2O3S2/c1-11-8-12(2)10-14(9-11)19(16,17)13-4-7-18-6-3-5-15/h11-13,15H,3-10H2,1-2H3. The Kier molecular flexibility index (Phi) is 7.68. The third-order valence-corrected chi connectivity index (χ3v) is 5.77. The summed E-state index contributed by atoms with van der Waals surface area (Å²) in [6.45, 7) is 6.10. The SMILES string of the molecule is CC1CC(C)CN(S(=O)(=O)NCCSCCCO)C1. The lowest BCUT2D eigenvalue weighted by Crippen LogP contribution is -2.48. The largest absolute Gasteiger partial charge is 0.396 e. The van der Waals surface area contributed by atoms with E-state index in [1.54, 1.807) is 16.1 Å². The van der Waals surface area contributed by atoms with Crippen LogP contribution in [0.25, 0.3) is 0 Å². The molecule has 0 aromatic heterocycles. The molecule has 2 N–H and O–H groups in total. The van der Waals surface area contributed by atoms with Crippen molar-refractivity contribution in [2.45, 2.75) is 26.7 Å². The molecule has 1 rings (SSSR count). The maximum Gasteiger partial charge on any atom is 0.279 e. The van der Waals surface area contributed by atoms with Gasteiger partial charge < -0.3 is 5.11 Å². The summed E-state index contributed by atoms with van der Waals surface area (Å²) in [5, 5.41) is 8.64. The molecule has 2 unspecified atom stereocenters. The summed E-state index contributed by atoms with van der Waals surface area (Å²) in [6, 6.07) is 0. The first-order valence-corrected chi connectivity index (χ1v) is 9.48. The first-order chi connectivity index (χ1) is 8.95. The molecule has 0 amide bonds. The van der Waals surface area contributed by atoms with Gasteiger partial charge in [0.2, 0.25) is 0 Å². The van der Waals surface area contributed by atoms with Crippen LogP contribution in [0, 0.1) is 11.8 Å². The Labute approximate surface area is 121 Å². The molecule has 0 aromatic carbocycles. The molecule has 1 aliphatic heterocycles. The van der Waals surface area contributed by atoms with Crippen molar-refractivity contribution in [1.82, 2.24) is 9.03 Å². The van der Waals surface area contributed by atoms with Crippen LogP contribution in [0.2, 0.25) is 0 Å². The highest BCUT2D eigenvalue weighted by Crippen LogP contribution is 2.22. The molecule has 0 aromatic rings. The molecule has 0 saturated carbocycles. The number of aliphatic hydroxyl groups excluding tert-OH is 1. The van der Waals surface area contributed by atoms with Crippen LogP contribution in [0.3, 0.4) is 0 Å². The van der Waals surface area contributed by atoms with Crippen LogP contribution < -0.4 is 4.72 Å². The molecule has 114 valence electrons. The minimum Gasteiger partial charge on any atom is -0.396 e. The molecule has 1 saturated heterocycles. The van der Waals surface area contributed by atoms with Crippen LogP contribution in [0.15, 0.2) is 0 Å². The van der Waals surface area contributed by atoms with Crippen molar-refractivity contribution < 1.29 is 13.5 Å². The lowest BCUT2D eigenvalue weighted by atomic mass is 9.94. The Morgan fingerprint density at radius 2 is 1.89 bits per heavy atom. The van der Waals surface area contributed by atoms with Crippen molar-refractivity contribution in [3.05, 3.63) is 0 Å². The second kappa shape index (κ2) is 8.46. The molecular formula is C12H26N2O3S2. The van der Waals surface area contributed by atoms with E-state index in [1.807, 2.05) is 0 Å². The molecule has 5 nitrogen and oxygen atoms in total. The quantitative estimate of drug-likeness (QED) is 0.654.